The minimum Gasteiger partial charge on any atom is -0.391 e. The Kier molecular flexibility index (Phi) is 5.56. The van der Waals surface area contributed by atoms with Gasteiger partial charge in [0.1, 0.15) is 12.4 Å². The zero-order valence-electron chi connectivity index (χ0n) is 13.9. The third-order valence-electron chi connectivity index (χ3n) is 4.28. The van der Waals surface area contributed by atoms with Crippen LogP contribution in [-0.2, 0) is 17.6 Å². The first-order chi connectivity index (χ1) is 12.4. The van der Waals surface area contributed by atoms with Crippen molar-refractivity contribution in [2.75, 3.05) is 13.1 Å². The van der Waals surface area contributed by atoms with E-state index in [1.54, 1.807) is 12.1 Å². The number of rotatable bonds is 4. The molecule has 3 rings (SSSR count). The standard InChI is InChI=1S/C19H18F4N2O/c20-16-7-3-14(4-8-16)17-9-10-24-11-18(17)25-26-12-13-1-5-15(6-2-13)19(21,22)23/h1-8,17,24H,9-12H2/b25-18+. The maximum Gasteiger partial charge on any atom is 0.416 e. The van der Waals surface area contributed by atoms with Crippen LogP contribution in [0.5, 0.6) is 0 Å². The second-order valence-electron chi connectivity index (χ2n) is 6.12. The Morgan fingerprint density at radius 2 is 1.73 bits per heavy atom. The lowest BCUT2D eigenvalue weighted by molar-refractivity contribution is -0.137. The Bertz CT molecular complexity index is 755. The van der Waals surface area contributed by atoms with E-state index < -0.39 is 11.7 Å². The summed E-state index contributed by atoms with van der Waals surface area (Å²) in [6, 6.07) is 11.1. The number of nitrogens with one attached hydrogen (secondary N) is 1. The summed E-state index contributed by atoms with van der Waals surface area (Å²) in [5.74, 6) is -0.260. The average molecular weight is 366 g/mol. The van der Waals surface area contributed by atoms with E-state index in [9.17, 15) is 17.6 Å². The predicted octanol–water partition coefficient (Wildman–Crippen LogP) is 4.49. The van der Waals surface area contributed by atoms with Crippen molar-refractivity contribution >= 4 is 5.71 Å². The van der Waals surface area contributed by atoms with E-state index in [2.05, 4.69) is 10.5 Å². The van der Waals surface area contributed by atoms with E-state index in [1.165, 1.54) is 24.3 Å². The summed E-state index contributed by atoms with van der Waals surface area (Å²) in [5, 5.41) is 7.38. The van der Waals surface area contributed by atoms with Gasteiger partial charge in [0.2, 0.25) is 0 Å². The van der Waals surface area contributed by atoms with Crippen LogP contribution < -0.4 is 5.32 Å². The minimum atomic E-state index is -4.35. The molecule has 7 heteroatoms. The van der Waals surface area contributed by atoms with Gasteiger partial charge in [0, 0.05) is 12.5 Å². The quantitative estimate of drug-likeness (QED) is 0.639. The summed E-state index contributed by atoms with van der Waals surface area (Å²) in [5.41, 5.74) is 1.66. The van der Waals surface area contributed by atoms with E-state index in [1.807, 2.05) is 0 Å². The van der Waals surface area contributed by atoms with Gasteiger partial charge in [-0.15, -0.1) is 0 Å². The fourth-order valence-electron chi connectivity index (χ4n) is 2.88. The summed E-state index contributed by atoms with van der Waals surface area (Å²) < 4.78 is 50.8. The Labute approximate surface area is 148 Å². The number of hydrogen-bond donors (Lipinski definition) is 1. The molecule has 138 valence electrons. The molecule has 3 nitrogen and oxygen atoms in total. The molecule has 26 heavy (non-hydrogen) atoms. The second kappa shape index (κ2) is 7.86. The van der Waals surface area contributed by atoms with Gasteiger partial charge >= 0.3 is 6.18 Å². The highest BCUT2D eigenvalue weighted by Gasteiger charge is 2.30. The monoisotopic (exact) mass is 366 g/mol. The van der Waals surface area contributed by atoms with Gasteiger partial charge in [-0.25, -0.2) is 4.39 Å². The second-order valence-corrected chi connectivity index (χ2v) is 6.12. The SMILES string of the molecule is Fc1ccc(C2CCNC/C2=N\OCc2ccc(C(F)(F)F)cc2)cc1. The smallest absolute Gasteiger partial charge is 0.391 e. The lowest BCUT2D eigenvalue weighted by Gasteiger charge is -2.24. The van der Waals surface area contributed by atoms with Gasteiger partial charge in [0.25, 0.3) is 0 Å². The molecule has 2 aromatic rings. The van der Waals surface area contributed by atoms with Crippen molar-refractivity contribution < 1.29 is 22.4 Å². The van der Waals surface area contributed by atoms with Crippen LogP contribution in [0.1, 0.15) is 29.0 Å². The van der Waals surface area contributed by atoms with Gasteiger partial charge in [-0.3, -0.25) is 0 Å². The van der Waals surface area contributed by atoms with Crippen LogP contribution in [0.2, 0.25) is 0 Å². The zero-order chi connectivity index (χ0) is 18.6. The third-order valence-corrected chi connectivity index (χ3v) is 4.28. The highest BCUT2D eigenvalue weighted by atomic mass is 19.4. The maximum atomic E-state index is 13.1. The molecular weight excluding hydrogens is 348 g/mol. The first kappa shape index (κ1) is 18.4. The van der Waals surface area contributed by atoms with Crippen LogP contribution >= 0.6 is 0 Å². The molecule has 1 heterocycles. The van der Waals surface area contributed by atoms with Crippen molar-refractivity contribution in [1.29, 1.82) is 0 Å². The van der Waals surface area contributed by atoms with Gasteiger partial charge in [0.15, 0.2) is 0 Å². The van der Waals surface area contributed by atoms with E-state index in [0.717, 1.165) is 36.4 Å². The molecular formula is C19H18F4N2O. The van der Waals surface area contributed by atoms with Crippen molar-refractivity contribution in [2.24, 2.45) is 5.16 Å². The molecule has 1 N–H and O–H groups in total. The molecule has 0 saturated carbocycles. The number of hydrogen-bond acceptors (Lipinski definition) is 3. The molecule has 1 atom stereocenters. The summed E-state index contributed by atoms with van der Waals surface area (Å²) in [6.07, 6.45) is -3.54. The zero-order valence-corrected chi connectivity index (χ0v) is 13.9. The first-order valence-electron chi connectivity index (χ1n) is 8.24. The van der Waals surface area contributed by atoms with Crippen LogP contribution in [0.3, 0.4) is 0 Å². The molecule has 0 amide bonds. The summed E-state index contributed by atoms with van der Waals surface area (Å²) in [7, 11) is 0. The van der Waals surface area contributed by atoms with Gasteiger partial charge in [0.05, 0.1) is 11.3 Å². The topological polar surface area (TPSA) is 33.6 Å². The van der Waals surface area contributed by atoms with Crippen LogP contribution in [0.25, 0.3) is 0 Å². The first-order valence-corrected chi connectivity index (χ1v) is 8.24. The number of halogens is 4. The van der Waals surface area contributed by atoms with Crippen molar-refractivity contribution in [3.63, 3.8) is 0 Å². The van der Waals surface area contributed by atoms with E-state index in [-0.39, 0.29) is 18.3 Å². The summed E-state index contributed by atoms with van der Waals surface area (Å²) in [6.45, 7) is 1.45. The maximum absolute atomic E-state index is 13.1. The molecule has 0 spiro atoms. The number of nitrogens with zero attached hydrogens (tertiary/aromatic N) is 1. The number of oxime groups is 1. The normalized spacial score (nSPS) is 19.5. The van der Waals surface area contributed by atoms with Crippen molar-refractivity contribution in [2.45, 2.75) is 25.1 Å². The van der Waals surface area contributed by atoms with E-state index in [0.29, 0.717) is 12.1 Å². The van der Waals surface area contributed by atoms with Gasteiger partial charge < -0.3 is 10.2 Å². The Morgan fingerprint density at radius 1 is 1.04 bits per heavy atom. The molecule has 0 aromatic heterocycles. The fraction of sp³-hybridized carbons (Fsp3) is 0.316. The molecule has 1 unspecified atom stereocenters. The molecule has 1 fully saturated rings. The molecule has 1 aliphatic heterocycles. The van der Waals surface area contributed by atoms with Gasteiger partial charge in [-0.2, -0.15) is 13.2 Å². The van der Waals surface area contributed by atoms with Crippen molar-refractivity contribution in [3.05, 3.63) is 71.0 Å². The molecule has 0 radical (unpaired) electrons. The van der Waals surface area contributed by atoms with Gasteiger partial charge in [-0.05, 0) is 48.4 Å². The highest BCUT2D eigenvalue weighted by molar-refractivity contribution is 5.93. The number of alkyl halides is 3. The number of benzene rings is 2. The van der Waals surface area contributed by atoms with E-state index >= 15 is 0 Å². The Hall–Kier alpha value is -2.41. The Morgan fingerprint density at radius 3 is 2.38 bits per heavy atom. The molecule has 1 saturated heterocycles. The van der Waals surface area contributed by atoms with E-state index in [4.69, 9.17) is 4.84 Å². The van der Waals surface area contributed by atoms with Crippen molar-refractivity contribution in [3.8, 4) is 0 Å². The number of piperidine rings is 1. The Balaban J connectivity index is 1.65. The largest absolute Gasteiger partial charge is 0.416 e. The molecule has 0 bridgehead atoms. The third kappa shape index (κ3) is 4.60. The van der Waals surface area contributed by atoms with Crippen LogP contribution in [-0.4, -0.2) is 18.8 Å². The van der Waals surface area contributed by atoms with Crippen LogP contribution in [0, 0.1) is 5.82 Å². The fourth-order valence-corrected chi connectivity index (χ4v) is 2.88. The summed E-state index contributed by atoms with van der Waals surface area (Å²) >= 11 is 0. The summed E-state index contributed by atoms with van der Waals surface area (Å²) in [4.78, 5) is 5.35. The van der Waals surface area contributed by atoms with Gasteiger partial charge in [-0.1, -0.05) is 29.4 Å². The molecule has 2 aromatic carbocycles. The minimum absolute atomic E-state index is 0.0319. The van der Waals surface area contributed by atoms with Crippen molar-refractivity contribution in [1.82, 2.24) is 5.32 Å². The predicted molar refractivity (Wildman–Crippen MR) is 90.3 cm³/mol. The van der Waals surface area contributed by atoms with Crippen LogP contribution in [0.4, 0.5) is 17.6 Å². The lowest BCUT2D eigenvalue weighted by atomic mass is 9.88. The lowest BCUT2D eigenvalue weighted by Crippen LogP contribution is -2.36. The molecule has 0 aliphatic carbocycles. The highest BCUT2D eigenvalue weighted by Crippen LogP contribution is 2.29. The van der Waals surface area contributed by atoms with Crippen LogP contribution in [0.15, 0.2) is 53.7 Å². The molecule has 1 aliphatic rings. The average Bonchev–Trinajstić information content (AvgIpc) is 2.63.